The molecule has 0 amide bonds. The standard InChI is InChI=1S/C60H41N3S/c1-5-18-42(19-6-1)45-37-51(61(46-21-7-2-8-22-46)47-23-9-3-10-24-47)40-52(38-45)62(50-33-35-60-56(41-50)55-29-14-16-31-59(55)64-60)49-27-17-20-43(36-49)44-32-34-54-53-28-13-15-30-57(53)63(58(54)39-44)48-25-11-4-12-26-48/h1-41H. The van der Waals surface area contributed by atoms with Crippen LogP contribution in [0.25, 0.3) is 69.9 Å². The molecule has 0 atom stereocenters. The van der Waals surface area contributed by atoms with E-state index in [0.29, 0.717) is 0 Å². The molecule has 0 saturated heterocycles. The van der Waals surface area contributed by atoms with Crippen LogP contribution in [0.4, 0.5) is 34.1 Å². The normalized spacial score (nSPS) is 11.4. The van der Waals surface area contributed by atoms with E-state index in [1.54, 1.807) is 0 Å². The molecule has 12 aromatic rings. The zero-order valence-electron chi connectivity index (χ0n) is 34.9. The highest BCUT2D eigenvalue weighted by molar-refractivity contribution is 7.25. The fourth-order valence-electron chi connectivity index (χ4n) is 9.38. The Morgan fingerprint density at radius 3 is 1.52 bits per heavy atom. The zero-order valence-corrected chi connectivity index (χ0v) is 35.7. The Hall–Kier alpha value is -8.18. The first-order chi connectivity index (χ1) is 31.7. The SMILES string of the molecule is c1ccc(-c2cc(N(c3ccccc3)c3ccccc3)cc(N(c3cccc(-c4ccc5c6ccccc6n(-c6ccccc6)c5c4)c3)c3ccc4sc5ccccc5c4c3)c2)cc1. The predicted octanol–water partition coefficient (Wildman–Crippen LogP) is 17.4. The zero-order chi connectivity index (χ0) is 42.4. The van der Waals surface area contributed by atoms with Gasteiger partial charge in [-0.1, -0.05) is 146 Å². The molecule has 64 heavy (non-hydrogen) atoms. The first kappa shape index (κ1) is 37.6. The second kappa shape index (κ2) is 15.9. The Morgan fingerprint density at radius 1 is 0.266 bits per heavy atom. The summed E-state index contributed by atoms with van der Waals surface area (Å²) in [4.78, 5) is 4.81. The van der Waals surface area contributed by atoms with Crippen LogP contribution in [0.1, 0.15) is 0 Å². The van der Waals surface area contributed by atoms with Gasteiger partial charge in [-0.05, 0) is 125 Å². The second-order valence-electron chi connectivity index (χ2n) is 16.2. The molecule has 2 heterocycles. The van der Waals surface area contributed by atoms with E-state index in [9.17, 15) is 0 Å². The van der Waals surface area contributed by atoms with Gasteiger partial charge < -0.3 is 14.4 Å². The van der Waals surface area contributed by atoms with Gasteiger partial charge >= 0.3 is 0 Å². The molecule has 0 aliphatic heterocycles. The second-order valence-corrected chi connectivity index (χ2v) is 17.3. The minimum atomic E-state index is 1.06. The average molecular weight is 836 g/mol. The summed E-state index contributed by atoms with van der Waals surface area (Å²) in [6.07, 6.45) is 0. The smallest absolute Gasteiger partial charge is 0.0547 e. The van der Waals surface area contributed by atoms with Crippen molar-refractivity contribution in [3.05, 3.63) is 249 Å². The number of aromatic nitrogens is 1. The number of hydrogen-bond donors (Lipinski definition) is 0. The fourth-order valence-corrected chi connectivity index (χ4v) is 10.5. The highest BCUT2D eigenvalue weighted by atomic mass is 32.1. The number of para-hydroxylation sites is 4. The Labute approximate surface area is 376 Å². The molecule has 0 fully saturated rings. The summed E-state index contributed by atoms with van der Waals surface area (Å²) in [6, 6.07) is 90.3. The molecule has 0 spiro atoms. The van der Waals surface area contributed by atoms with Crippen LogP contribution in [0.3, 0.4) is 0 Å². The lowest BCUT2D eigenvalue weighted by atomic mass is 10.0. The van der Waals surface area contributed by atoms with E-state index in [0.717, 1.165) is 62.1 Å². The van der Waals surface area contributed by atoms with Crippen molar-refractivity contribution in [2.75, 3.05) is 9.80 Å². The topological polar surface area (TPSA) is 11.4 Å². The Morgan fingerprint density at radius 2 is 0.781 bits per heavy atom. The van der Waals surface area contributed by atoms with Crippen molar-refractivity contribution in [2.45, 2.75) is 0 Å². The lowest BCUT2D eigenvalue weighted by Gasteiger charge is -2.30. The van der Waals surface area contributed by atoms with E-state index in [2.05, 4.69) is 263 Å². The van der Waals surface area contributed by atoms with Gasteiger partial charge in [-0.15, -0.1) is 11.3 Å². The highest BCUT2D eigenvalue weighted by Gasteiger charge is 2.21. The molecule has 10 aromatic carbocycles. The van der Waals surface area contributed by atoms with E-state index < -0.39 is 0 Å². The number of thiophene rings is 1. The van der Waals surface area contributed by atoms with Crippen molar-refractivity contribution in [1.82, 2.24) is 4.57 Å². The van der Waals surface area contributed by atoms with Crippen molar-refractivity contribution in [3.63, 3.8) is 0 Å². The molecule has 302 valence electrons. The number of hydrogen-bond acceptors (Lipinski definition) is 3. The summed E-state index contributed by atoms with van der Waals surface area (Å²) in [5.74, 6) is 0. The maximum atomic E-state index is 2.44. The molecule has 0 radical (unpaired) electrons. The number of nitrogens with zero attached hydrogens (tertiary/aromatic N) is 3. The van der Waals surface area contributed by atoms with Crippen LogP contribution < -0.4 is 9.80 Å². The van der Waals surface area contributed by atoms with E-state index in [1.807, 2.05) is 11.3 Å². The van der Waals surface area contributed by atoms with Crippen molar-refractivity contribution >= 4 is 87.4 Å². The van der Waals surface area contributed by atoms with Gasteiger partial charge in [-0.2, -0.15) is 0 Å². The van der Waals surface area contributed by atoms with Crippen LogP contribution in [0, 0.1) is 0 Å². The Balaban J connectivity index is 1.09. The molecule has 0 bridgehead atoms. The molecule has 12 rings (SSSR count). The third kappa shape index (κ3) is 6.69. The predicted molar refractivity (Wildman–Crippen MR) is 274 cm³/mol. The van der Waals surface area contributed by atoms with Gasteiger partial charge in [0.1, 0.15) is 0 Å². The van der Waals surface area contributed by atoms with Crippen LogP contribution in [-0.4, -0.2) is 4.57 Å². The van der Waals surface area contributed by atoms with Crippen LogP contribution in [-0.2, 0) is 0 Å². The van der Waals surface area contributed by atoms with E-state index in [4.69, 9.17) is 0 Å². The average Bonchev–Trinajstić information content (AvgIpc) is 3.91. The van der Waals surface area contributed by atoms with Gasteiger partial charge in [-0.25, -0.2) is 0 Å². The third-order valence-electron chi connectivity index (χ3n) is 12.3. The van der Waals surface area contributed by atoms with Crippen molar-refractivity contribution in [1.29, 1.82) is 0 Å². The maximum Gasteiger partial charge on any atom is 0.0547 e. The minimum Gasteiger partial charge on any atom is -0.310 e. The van der Waals surface area contributed by atoms with Gasteiger partial charge in [0.25, 0.3) is 0 Å². The molecule has 0 unspecified atom stereocenters. The first-order valence-corrected chi connectivity index (χ1v) is 22.6. The molecule has 0 aliphatic carbocycles. The first-order valence-electron chi connectivity index (χ1n) is 21.7. The molecule has 0 N–H and O–H groups in total. The molecule has 0 saturated carbocycles. The van der Waals surface area contributed by atoms with Gasteiger partial charge in [0.15, 0.2) is 0 Å². The van der Waals surface area contributed by atoms with Gasteiger partial charge in [0.05, 0.1) is 11.0 Å². The Kier molecular flexibility index (Phi) is 9.36. The van der Waals surface area contributed by atoms with E-state index in [-0.39, 0.29) is 0 Å². The summed E-state index contributed by atoms with van der Waals surface area (Å²) < 4.78 is 4.96. The highest BCUT2D eigenvalue weighted by Crippen LogP contribution is 2.46. The van der Waals surface area contributed by atoms with Gasteiger partial charge in [0, 0.05) is 70.8 Å². The molecule has 2 aromatic heterocycles. The molecule has 4 heteroatoms. The fraction of sp³-hybridized carbons (Fsp3) is 0. The molecule has 0 aliphatic rings. The van der Waals surface area contributed by atoms with E-state index in [1.165, 1.54) is 42.0 Å². The number of anilines is 6. The summed E-state index contributed by atoms with van der Waals surface area (Å²) in [6.45, 7) is 0. The summed E-state index contributed by atoms with van der Waals surface area (Å²) in [7, 11) is 0. The lowest BCUT2D eigenvalue weighted by Crippen LogP contribution is -2.13. The summed E-state index contributed by atoms with van der Waals surface area (Å²) in [5, 5.41) is 5.02. The monoisotopic (exact) mass is 835 g/mol. The minimum absolute atomic E-state index is 1.06. The number of fused-ring (bicyclic) bond motifs is 6. The van der Waals surface area contributed by atoms with Crippen LogP contribution in [0.15, 0.2) is 249 Å². The maximum absolute atomic E-state index is 2.44. The largest absolute Gasteiger partial charge is 0.310 e. The molecular formula is C60H41N3S. The third-order valence-corrected chi connectivity index (χ3v) is 13.5. The lowest BCUT2D eigenvalue weighted by molar-refractivity contribution is 1.18. The van der Waals surface area contributed by atoms with Crippen LogP contribution in [0.2, 0.25) is 0 Å². The van der Waals surface area contributed by atoms with Crippen LogP contribution in [0.5, 0.6) is 0 Å². The molecular weight excluding hydrogens is 795 g/mol. The molecule has 3 nitrogen and oxygen atoms in total. The van der Waals surface area contributed by atoms with Gasteiger partial charge in [0.2, 0.25) is 0 Å². The Bertz CT molecular complexity index is 3570. The quantitative estimate of drug-likeness (QED) is 0.143. The van der Waals surface area contributed by atoms with Crippen molar-refractivity contribution in [2.24, 2.45) is 0 Å². The summed E-state index contributed by atoms with van der Waals surface area (Å²) in [5.41, 5.74) is 14.6. The summed E-state index contributed by atoms with van der Waals surface area (Å²) >= 11 is 1.85. The number of rotatable bonds is 9. The van der Waals surface area contributed by atoms with Crippen LogP contribution >= 0.6 is 11.3 Å². The van der Waals surface area contributed by atoms with Crippen molar-refractivity contribution in [3.8, 4) is 27.9 Å². The number of benzene rings is 10. The van der Waals surface area contributed by atoms with E-state index >= 15 is 0 Å². The van der Waals surface area contributed by atoms with Gasteiger partial charge in [-0.3, -0.25) is 0 Å². The van der Waals surface area contributed by atoms with Crippen molar-refractivity contribution < 1.29 is 0 Å².